The fourth-order valence-electron chi connectivity index (χ4n) is 3.46. The lowest BCUT2D eigenvalue weighted by molar-refractivity contribution is -0.105. The number of hydrogen-bond acceptors (Lipinski definition) is 7. The Balaban J connectivity index is 0.00000141. The highest BCUT2D eigenvalue weighted by atomic mass is 19.3. The molecule has 3 aromatic rings. The molecule has 1 unspecified atom stereocenters. The number of alkyl halides is 2. The molecule has 0 saturated carbocycles. The topological polar surface area (TPSA) is 92.1 Å². The van der Waals surface area contributed by atoms with Crippen molar-refractivity contribution in [2.75, 3.05) is 36.9 Å². The monoisotopic (exact) mass is 446 g/mol. The lowest BCUT2D eigenvalue weighted by Gasteiger charge is -2.37. The lowest BCUT2D eigenvalue weighted by atomic mass is 10.2. The Morgan fingerprint density at radius 3 is 2.66 bits per heavy atom. The molecule has 1 amide bonds. The number of hydrogen-bond donors (Lipinski definition) is 1. The molecule has 0 radical (unpaired) electrons. The summed E-state index contributed by atoms with van der Waals surface area (Å²) in [7, 11) is 2.07. The van der Waals surface area contributed by atoms with Gasteiger partial charge in [0.1, 0.15) is 11.5 Å². The van der Waals surface area contributed by atoms with Gasteiger partial charge >= 0.3 is 0 Å². The largest absolute Gasteiger partial charge is 0.352 e. The smallest absolute Gasteiger partial charge is 0.287 e. The molecule has 1 atom stereocenters. The van der Waals surface area contributed by atoms with E-state index in [0.717, 1.165) is 31.9 Å². The Labute approximate surface area is 185 Å². The van der Waals surface area contributed by atoms with Crippen LogP contribution in [0.1, 0.15) is 33.4 Å². The van der Waals surface area contributed by atoms with Crippen LogP contribution in [0.2, 0.25) is 0 Å². The van der Waals surface area contributed by atoms with Crippen LogP contribution in [0.5, 0.6) is 0 Å². The SMILES string of the molecule is CC.CC1CN(c2nn(-c3nccc(C(C)(F)F)n3)c3cc(NC=O)ncc23)CCN1C. The number of rotatable bonds is 5. The number of aromatic nitrogens is 5. The number of pyridine rings is 1. The Morgan fingerprint density at radius 2 is 2.00 bits per heavy atom. The molecule has 9 nitrogen and oxygen atoms in total. The first kappa shape index (κ1) is 23.5. The van der Waals surface area contributed by atoms with Crippen LogP contribution in [0.25, 0.3) is 16.9 Å². The van der Waals surface area contributed by atoms with E-state index in [1.807, 2.05) is 13.8 Å². The molecular formula is C21H28F2N8O. The van der Waals surface area contributed by atoms with E-state index in [1.165, 1.54) is 16.9 Å². The molecule has 1 fully saturated rings. The fraction of sp³-hybridized carbons (Fsp3) is 0.476. The summed E-state index contributed by atoms with van der Waals surface area (Å²) in [5.74, 6) is -2.10. The van der Waals surface area contributed by atoms with Gasteiger partial charge in [0, 0.05) is 51.1 Å². The van der Waals surface area contributed by atoms with E-state index in [9.17, 15) is 13.6 Å². The maximum Gasteiger partial charge on any atom is 0.287 e. The number of anilines is 2. The number of carbonyl (C=O) groups excluding carboxylic acids is 1. The molecule has 1 saturated heterocycles. The predicted molar refractivity (Wildman–Crippen MR) is 119 cm³/mol. The van der Waals surface area contributed by atoms with Gasteiger partial charge in [0.15, 0.2) is 5.82 Å². The minimum atomic E-state index is -3.11. The summed E-state index contributed by atoms with van der Waals surface area (Å²) in [6, 6.07) is 3.13. The number of nitrogens with one attached hydrogen (secondary N) is 1. The van der Waals surface area contributed by atoms with Crippen molar-refractivity contribution in [2.24, 2.45) is 0 Å². The van der Waals surface area contributed by atoms with Crippen LogP contribution >= 0.6 is 0 Å². The number of nitrogens with zero attached hydrogens (tertiary/aromatic N) is 7. The van der Waals surface area contributed by atoms with Crippen molar-refractivity contribution < 1.29 is 13.6 Å². The second kappa shape index (κ2) is 9.51. The van der Waals surface area contributed by atoms with E-state index in [0.29, 0.717) is 29.6 Å². The average molecular weight is 447 g/mol. The number of fused-ring (bicyclic) bond motifs is 1. The van der Waals surface area contributed by atoms with Gasteiger partial charge in [-0.25, -0.2) is 15.0 Å². The highest BCUT2D eigenvalue weighted by molar-refractivity contribution is 5.93. The molecule has 0 aliphatic carbocycles. The molecule has 0 spiro atoms. The van der Waals surface area contributed by atoms with Crippen LogP contribution in [-0.2, 0) is 10.7 Å². The number of likely N-dealkylation sites (N-methyl/N-ethyl adjacent to an activating group) is 1. The molecule has 4 rings (SSSR count). The third-order valence-corrected chi connectivity index (χ3v) is 5.29. The maximum atomic E-state index is 13.8. The average Bonchev–Trinajstić information content (AvgIpc) is 3.16. The minimum absolute atomic E-state index is 0.0238. The molecular weight excluding hydrogens is 418 g/mol. The van der Waals surface area contributed by atoms with E-state index < -0.39 is 11.6 Å². The van der Waals surface area contributed by atoms with E-state index in [4.69, 9.17) is 0 Å². The van der Waals surface area contributed by atoms with Gasteiger partial charge in [0.05, 0.1) is 10.9 Å². The Morgan fingerprint density at radius 1 is 1.25 bits per heavy atom. The van der Waals surface area contributed by atoms with Crippen molar-refractivity contribution in [1.29, 1.82) is 0 Å². The molecule has 11 heteroatoms. The summed E-state index contributed by atoms with van der Waals surface area (Å²) in [4.78, 5) is 27.7. The van der Waals surface area contributed by atoms with Gasteiger partial charge in [0.2, 0.25) is 6.41 Å². The van der Waals surface area contributed by atoms with Crippen molar-refractivity contribution in [3.05, 3.63) is 30.2 Å². The third-order valence-electron chi connectivity index (χ3n) is 5.29. The number of halogens is 2. The standard InChI is InChI=1S/C19H22F2N8O.C2H6/c1-12-10-28(7-6-27(12)3)17-13-9-23-16(24-11-30)8-14(13)29(26-17)18-22-5-4-15(25-18)19(2,20)21;1-2/h4-5,8-9,11-12H,6-7,10H2,1-3H3,(H,23,24,30);1-2H3. The van der Waals surface area contributed by atoms with Crippen LogP contribution < -0.4 is 10.2 Å². The van der Waals surface area contributed by atoms with Crippen LogP contribution in [0.4, 0.5) is 20.4 Å². The number of piperazine rings is 1. The van der Waals surface area contributed by atoms with E-state index >= 15 is 0 Å². The molecule has 32 heavy (non-hydrogen) atoms. The first-order chi connectivity index (χ1) is 15.3. The number of carbonyl (C=O) groups is 1. The molecule has 1 aliphatic rings. The van der Waals surface area contributed by atoms with Gasteiger partial charge in [-0.1, -0.05) is 13.8 Å². The van der Waals surface area contributed by atoms with Crippen molar-refractivity contribution in [3.8, 4) is 5.95 Å². The molecule has 0 bridgehead atoms. The van der Waals surface area contributed by atoms with Crippen molar-refractivity contribution in [1.82, 2.24) is 29.6 Å². The summed E-state index contributed by atoms with van der Waals surface area (Å²) < 4.78 is 29.0. The molecule has 0 aromatic carbocycles. The van der Waals surface area contributed by atoms with Crippen LogP contribution in [-0.4, -0.2) is 68.8 Å². The van der Waals surface area contributed by atoms with Gasteiger partial charge in [-0.05, 0) is 20.0 Å². The molecule has 1 aliphatic heterocycles. The van der Waals surface area contributed by atoms with Crippen LogP contribution in [0.3, 0.4) is 0 Å². The first-order valence-electron chi connectivity index (χ1n) is 10.5. The molecule has 172 valence electrons. The normalized spacial score (nSPS) is 17.1. The zero-order valence-electron chi connectivity index (χ0n) is 18.9. The van der Waals surface area contributed by atoms with Crippen LogP contribution in [0, 0.1) is 0 Å². The molecule has 1 N–H and O–H groups in total. The van der Waals surface area contributed by atoms with Gasteiger partial charge in [-0.15, -0.1) is 5.10 Å². The third kappa shape index (κ3) is 4.67. The zero-order valence-corrected chi connectivity index (χ0v) is 18.9. The highest BCUT2D eigenvalue weighted by Crippen LogP contribution is 2.31. The Kier molecular flexibility index (Phi) is 6.97. The van der Waals surface area contributed by atoms with Gasteiger partial charge in [0.25, 0.3) is 11.9 Å². The van der Waals surface area contributed by atoms with Gasteiger partial charge in [-0.3, -0.25) is 4.79 Å². The summed E-state index contributed by atoms with van der Waals surface area (Å²) in [6.45, 7) is 9.29. The first-order valence-corrected chi connectivity index (χ1v) is 10.5. The van der Waals surface area contributed by atoms with Crippen molar-refractivity contribution in [2.45, 2.75) is 39.7 Å². The lowest BCUT2D eigenvalue weighted by Crippen LogP contribution is -2.50. The fourth-order valence-corrected chi connectivity index (χ4v) is 3.46. The van der Waals surface area contributed by atoms with E-state index in [1.54, 1.807) is 12.3 Å². The molecule has 4 heterocycles. The zero-order chi connectivity index (χ0) is 23.5. The second-order valence-corrected chi connectivity index (χ2v) is 7.49. The van der Waals surface area contributed by atoms with E-state index in [-0.39, 0.29) is 5.95 Å². The van der Waals surface area contributed by atoms with E-state index in [2.05, 4.69) is 49.1 Å². The van der Waals surface area contributed by atoms with Gasteiger partial charge < -0.3 is 15.1 Å². The summed E-state index contributed by atoms with van der Waals surface area (Å²) >= 11 is 0. The quantitative estimate of drug-likeness (QED) is 0.602. The summed E-state index contributed by atoms with van der Waals surface area (Å²) in [6.07, 6.45) is 3.42. The Hall–Kier alpha value is -3.21. The summed E-state index contributed by atoms with van der Waals surface area (Å²) in [5, 5.41) is 7.89. The summed E-state index contributed by atoms with van der Waals surface area (Å²) in [5.41, 5.74) is 0.165. The predicted octanol–water partition coefficient (Wildman–Crippen LogP) is 3.06. The van der Waals surface area contributed by atoms with Crippen molar-refractivity contribution >= 4 is 28.9 Å². The number of amides is 1. The van der Waals surface area contributed by atoms with Gasteiger partial charge in [-0.2, -0.15) is 13.5 Å². The molecule has 3 aromatic heterocycles. The van der Waals surface area contributed by atoms with Crippen LogP contribution in [0.15, 0.2) is 24.5 Å². The maximum absolute atomic E-state index is 13.8. The Bertz CT molecular complexity index is 1080. The second-order valence-electron chi connectivity index (χ2n) is 7.49. The highest BCUT2D eigenvalue weighted by Gasteiger charge is 2.29. The minimum Gasteiger partial charge on any atom is -0.352 e. The van der Waals surface area contributed by atoms with Crippen molar-refractivity contribution in [3.63, 3.8) is 0 Å².